The minimum atomic E-state index is -0.264. The van der Waals surface area contributed by atoms with Crippen molar-refractivity contribution in [2.45, 2.75) is 31.8 Å². The van der Waals surface area contributed by atoms with Gasteiger partial charge in [0.15, 0.2) is 0 Å². The molecular formula is C16H25N3O3. The molecule has 2 N–H and O–H groups in total. The first-order valence-electron chi connectivity index (χ1n) is 7.88. The van der Waals surface area contributed by atoms with Gasteiger partial charge in [0.2, 0.25) is 0 Å². The van der Waals surface area contributed by atoms with E-state index in [1.54, 1.807) is 12.3 Å². The highest BCUT2D eigenvalue weighted by Crippen LogP contribution is 2.18. The summed E-state index contributed by atoms with van der Waals surface area (Å²) in [4.78, 5) is 18.1. The van der Waals surface area contributed by atoms with Crippen LogP contribution in [0.4, 0.5) is 5.69 Å². The number of hydrogen-bond acceptors (Lipinski definition) is 5. The van der Waals surface area contributed by atoms with Crippen LogP contribution in [0.2, 0.25) is 0 Å². The Balaban J connectivity index is 1.88. The monoisotopic (exact) mass is 307 g/mol. The minimum Gasteiger partial charge on any atom is -0.395 e. The maximum atomic E-state index is 11.9. The average molecular weight is 307 g/mol. The Morgan fingerprint density at radius 3 is 3.14 bits per heavy atom. The van der Waals surface area contributed by atoms with Crippen molar-refractivity contribution in [3.05, 3.63) is 24.0 Å². The quantitative estimate of drug-likeness (QED) is 0.792. The molecule has 1 aliphatic heterocycles. The van der Waals surface area contributed by atoms with Gasteiger partial charge in [0, 0.05) is 38.6 Å². The van der Waals surface area contributed by atoms with E-state index in [-0.39, 0.29) is 19.1 Å². The third-order valence-corrected chi connectivity index (χ3v) is 3.87. The Bertz CT molecular complexity index is 475. The molecule has 1 aromatic heterocycles. The molecule has 1 amide bonds. The molecule has 0 saturated carbocycles. The molecule has 0 bridgehead atoms. The van der Waals surface area contributed by atoms with Gasteiger partial charge in [0.25, 0.3) is 5.91 Å². The van der Waals surface area contributed by atoms with E-state index in [0.717, 1.165) is 31.7 Å². The van der Waals surface area contributed by atoms with Gasteiger partial charge in [0.05, 0.1) is 12.7 Å². The van der Waals surface area contributed by atoms with Crippen molar-refractivity contribution in [2.75, 3.05) is 38.3 Å². The number of hydrogen-bond donors (Lipinski definition) is 2. The van der Waals surface area contributed by atoms with Crippen molar-refractivity contribution < 1.29 is 14.6 Å². The predicted octanol–water partition coefficient (Wildman–Crippen LogP) is 1.20. The summed E-state index contributed by atoms with van der Waals surface area (Å²) in [5.74, 6) is -0.264. The van der Waals surface area contributed by atoms with Crippen molar-refractivity contribution in [1.82, 2.24) is 10.3 Å². The van der Waals surface area contributed by atoms with Crippen molar-refractivity contribution in [3.8, 4) is 0 Å². The molecule has 0 aromatic carbocycles. The third kappa shape index (κ3) is 4.96. The van der Waals surface area contributed by atoms with E-state index in [1.807, 2.05) is 13.1 Å². The number of nitrogens with zero attached hydrogens (tertiary/aromatic N) is 2. The van der Waals surface area contributed by atoms with Gasteiger partial charge >= 0.3 is 0 Å². The number of anilines is 1. The van der Waals surface area contributed by atoms with Gasteiger partial charge in [-0.3, -0.25) is 9.78 Å². The summed E-state index contributed by atoms with van der Waals surface area (Å²) in [5.41, 5.74) is 1.33. The molecular weight excluding hydrogens is 282 g/mol. The number of rotatable bonds is 7. The van der Waals surface area contributed by atoms with Crippen LogP contribution in [0, 0.1) is 0 Å². The molecule has 0 aliphatic carbocycles. The molecule has 122 valence electrons. The van der Waals surface area contributed by atoms with Crippen molar-refractivity contribution >= 4 is 11.6 Å². The maximum absolute atomic E-state index is 11.9. The van der Waals surface area contributed by atoms with E-state index < -0.39 is 0 Å². The van der Waals surface area contributed by atoms with Gasteiger partial charge in [-0.1, -0.05) is 0 Å². The lowest BCUT2D eigenvalue weighted by Crippen LogP contribution is -2.28. The van der Waals surface area contributed by atoms with Crippen LogP contribution in [0.3, 0.4) is 0 Å². The van der Waals surface area contributed by atoms with E-state index in [0.29, 0.717) is 11.8 Å². The Hall–Kier alpha value is -1.66. The fourth-order valence-electron chi connectivity index (χ4n) is 2.54. The Morgan fingerprint density at radius 2 is 2.41 bits per heavy atom. The summed E-state index contributed by atoms with van der Waals surface area (Å²) < 4.78 is 5.74. The normalized spacial score (nSPS) is 18.0. The Kier molecular flexibility index (Phi) is 6.61. The van der Waals surface area contributed by atoms with Gasteiger partial charge in [-0.05, 0) is 37.8 Å². The van der Waals surface area contributed by atoms with E-state index in [1.165, 1.54) is 12.8 Å². The standard InChI is InChI=1S/C16H25N3O3/c1-19(9-6-14-4-2-3-11-22-14)13-5-7-17-15(12-13)16(21)18-8-10-20/h5,7,12,14,20H,2-4,6,8-11H2,1H3,(H,18,21)/t14-/m1/s1. The molecule has 0 spiro atoms. The molecule has 0 unspecified atom stereocenters. The lowest BCUT2D eigenvalue weighted by Gasteiger charge is -2.26. The summed E-state index contributed by atoms with van der Waals surface area (Å²) in [6.07, 6.45) is 6.54. The number of pyridine rings is 1. The number of ether oxygens (including phenoxy) is 1. The molecule has 1 aliphatic rings. The summed E-state index contributed by atoms with van der Waals surface area (Å²) in [7, 11) is 2.01. The topological polar surface area (TPSA) is 74.7 Å². The second kappa shape index (κ2) is 8.70. The van der Waals surface area contributed by atoms with Crippen molar-refractivity contribution in [2.24, 2.45) is 0 Å². The zero-order valence-electron chi connectivity index (χ0n) is 13.1. The van der Waals surface area contributed by atoms with E-state index in [2.05, 4.69) is 15.2 Å². The van der Waals surface area contributed by atoms with E-state index in [9.17, 15) is 4.79 Å². The maximum Gasteiger partial charge on any atom is 0.270 e. The Morgan fingerprint density at radius 1 is 1.55 bits per heavy atom. The average Bonchev–Trinajstić information content (AvgIpc) is 2.58. The molecule has 1 atom stereocenters. The second-order valence-corrected chi connectivity index (χ2v) is 5.58. The molecule has 22 heavy (non-hydrogen) atoms. The second-order valence-electron chi connectivity index (χ2n) is 5.58. The Labute approximate surface area is 131 Å². The van der Waals surface area contributed by atoms with Crippen LogP contribution in [-0.4, -0.2) is 55.5 Å². The van der Waals surface area contributed by atoms with E-state index >= 15 is 0 Å². The van der Waals surface area contributed by atoms with Crippen LogP contribution in [0.15, 0.2) is 18.3 Å². The minimum absolute atomic E-state index is 0.0767. The number of carbonyl (C=O) groups excluding carboxylic acids is 1. The summed E-state index contributed by atoms with van der Waals surface area (Å²) >= 11 is 0. The number of aliphatic hydroxyl groups excluding tert-OH is 1. The fraction of sp³-hybridized carbons (Fsp3) is 0.625. The highest BCUT2D eigenvalue weighted by Gasteiger charge is 2.15. The molecule has 2 rings (SSSR count). The van der Waals surface area contributed by atoms with Gasteiger partial charge in [0.1, 0.15) is 5.69 Å². The van der Waals surface area contributed by atoms with Crippen LogP contribution in [-0.2, 0) is 4.74 Å². The summed E-state index contributed by atoms with van der Waals surface area (Å²) in [6.45, 7) is 1.91. The molecule has 1 saturated heterocycles. The number of nitrogens with one attached hydrogen (secondary N) is 1. The first-order chi connectivity index (χ1) is 10.7. The molecule has 1 fully saturated rings. The highest BCUT2D eigenvalue weighted by molar-refractivity contribution is 5.93. The first kappa shape index (κ1) is 16.7. The van der Waals surface area contributed by atoms with Gasteiger partial charge in [-0.25, -0.2) is 0 Å². The smallest absolute Gasteiger partial charge is 0.270 e. The number of amides is 1. The number of carbonyl (C=O) groups is 1. The number of aromatic nitrogens is 1. The van der Waals surface area contributed by atoms with Gasteiger partial charge in [-0.2, -0.15) is 0 Å². The van der Waals surface area contributed by atoms with Crippen molar-refractivity contribution in [3.63, 3.8) is 0 Å². The van der Waals surface area contributed by atoms with Gasteiger partial charge < -0.3 is 20.1 Å². The lowest BCUT2D eigenvalue weighted by atomic mass is 10.1. The molecule has 1 aromatic rings. The highest BCUT2D eigenvalue weighted by atomic mass is 16.5. The van der Waals surface area contributed by atoms with E-state index in [4.69, 9.17) is 9.84 Å². The molecule has 6 heteroatoms. The predicted molar refractivity (Wildman–Crippen MR) is 85.1 cm³/mol. The van der Waals surface area contributed by atoms with Crippen LogP contribution in [0.1, 0.15) is 36.2 Å². The zero-order valence-corrected chi connectivity index (χ0v) is 13.1. The molecule has 0 radical (unpaired) electrons. The fourth-order valence-corrected chi connectivity index (χ4v) is 2.54. The molecule has 6 nitrogen and oxygen atoms in total. The molecule has 2 heterocycles. The van der Waals surface area contributed by atoms with Crippen LogP contribution in [0.5, 0.6) is 0 Å². The van der Waals surface area contributed by atoms with Crippen molar-refractivity contribution in [1.29, 1.82) is 0 Å². The summed E-state index contributed by atoms with van der Waals surface area (Å²) in [6, 6.07) is 3.67. The van der Waals surface area contributed by atoms with Crippen LogP contribution < -0.4 is 10.2 Å². The van der Waals surface area contributed by atoms with Crippen LogP contribution >= 0.6 is 0 Å². The van der Waals surface area contributed by atoms with Gasteiger partial charge in [-0.15, -0.1) is 0 Å². The first-order valence-corrected chi connectivity index (χ1v) is 7.88. The SMILES string of the molecule is CN(CC[C@H]1CCCCO1)c1ccnc(C(=O)NCCO)c1. The lowest BCUT2D eigenvalue weighted by molar-refractivity contribution is 0.0127. The third-order valence-electron chi connectivity index (χ3n) is 3.87. The zero-order chi connectivity index (χ0) is 15.8. The number of aliphatic hydroxyl groups is 1. The largest absolute Gasteiger partial charge is 0.395 e. The summed E-state index contributed by atoms with van der Waals surface area (Å²) in [5, 5.41) is 11.4. The van der Waals surface area contributed by atoms with Crippen LogP contribution in [0.25, 0.3) is 0 Å².